The molecule has 6 heteroatoms. The number of hydrogen-bond donors (Lipinski definition) is 1. The van der Waals surface area contributed by atoms with Gasteiger partial charge in [0, 0.05) is 36.9 Å². The highest BCUT2D eigenvalue weighted by Gasteiger charge is 2.58. The fourth-order valence-electron chi connectivity index (χ4n) is 2.96. The molecule has 0 radical (unpaired) electrons. The van der Waals surface area contributed by atoms with E-state index in [1.165, 1.54) is 0 Å². The number of benzene rings is 1. The predicted molar refractivity (Wildman–Crippen MR) is 90.6 cm³/mol. The number of carbonyl (C=O) groups excluding carboxylic acids is 2. The van der Waals surface area contributed by atoms with Gasteiger partial charge in [-0.15, -0.1) is 0 Å². The Kier molecular flexibility index (Phi) is 4.34. The number of anilines is 1. The van der Waals surface area contributed by atoms with Crippen LogP contribution in [0.5, 0.6) is 0 Å². The van der Waals surface area contributed by atoms with Crippen LogP contribution in [0.2, 0.25) is 5.02 Å². The number of nitrogens with zero attached hydrogens (tertiary/aromatic N) is 2. The van der Waals surface area contributed by atoms with E-state index in [2.05, 4.69) is 10.2 Å². The van der Waals surface area contributed by atoms with Crippen molar-refractivity contribution in [1.29, 1.82) is 0 Å². The lowest BCUT2D eigenvalue weighted by Gasteiger charge is -2.34. The first-order valence-corrected chi connectivity index (χ1v) is 8.36. The predicted octanol–water partition coefficient (Wildman–Crippen LogP) is 2.14. The summed E-state index contributed by atoms with van der Waals surface area (Å²) in [7, 11) is 2.04. The van der Waals surface area contributed by atoms with Crippen molar-refractivity contribution >= 4 is 29.1 Å². The molecule has 1 N–H and O–H groups in total. The van der Waals surface area contributed by atoms with Gasteiger partial charge < -0.3 is 15.1 Å². The molecule has 1 aliphatic heterocycles. The van der Waals surface area contributed by atoms with Crippen LogP contribution in [0, 0.1) is 12.3 Å². The van der Waals surface area contributed by atoms with Crippen molar-refractivity contribution in [3.63, 3.8) is 0 Å². The van der Waals surface area contributed by atoms with Crippen LogP contribution < -0.4 is 5.32 Å². The maximum atomic E-state index is 12.8. The zero-order valence-corrected chi connectivity index (χ0v) is 14.3. The van der Waals surface area contributed by atoms with Crippen LogP contribution in [0.25, 0.3) is 0 Å². The van der Waals surface area contributed by atoms with Crippen molar-refractivity contribution in [3.8, 4) is 0 Å². The molecule has 2 fully saturated rings. The van der Waals surface area contributed by atoms with Gasteiger partial charge in [-0.3, -0.25) is 9.59 Å². The van der Waals surface area contributed by atoms with E-state index in [0.717, 1.165) is 18.7 Å². The Balaban J connectivity index is 1.71. The van der Waals surface area contributed by atoms with Crippen molar-refractivity contribution in [2.24, 2.45) is 5.41 Å². The van der Waals surface area contributed by atoms with E-state index in [-0.39, 0.29) is 11.8 Å². The monoisotopic (exact) mass is 335 g/mol. The van der Waals surface area contributed by atoms with Gasteiger partial charge in [-0.25, -0.2) is 0 Å². The quantitative estimate of drug-likeness (QED) is 0.861. The standard InChI is InChI=1S/C17H22ClN3O2/c1-12-13(18)4-3-5-14(12)19-15(22)17(6-7-17)16(23)21-10-8-20(2)9-11-21/h3-5H,6-11H2,1-2H3,(H,19,22). The van der Waals surface area contributed by atoms with Crippen LogP contribution in [0.1, 0.15) is 18.4 Å². The highest BCUT2D eigenvalue weighted by atomic mass is 35.5. The second kappa shape index (κ2) is 6.13. The summed E-state index contributed by atoms with van der Waals surface area (Å²) in [5.41, 5.74) is 0.635. The molecule has 0 unspecified atom stereocenters. The van der Waals surface area contributed by atoms with Gasteiger partial charge in [-0.2, -0.15) is 0 Å². The Bertz CT molecular complexity index is 635. The van der Waals surface area contributed by atoms with Gasteiger partial charge in [0.15, 0.2) is 0 Å². The van der Waals surface area contributed by atoms with Crippen LogP contribution in [-0.4, -0.2) is 54.8 Å². The minimum absolute atomic E-state index is 0.0252. The van der Waals surface area contributed by atoms with Crippen LogP contribution in [0.4, 0.5) is 5.69 Å². The summed E-state index contributed by atoms with van der Waals surface area (Å²) in [4.78, 5) is 29.5. The Morgan fingerprint density at radius 3 is 2.43 bits per heavy atom. The van der Waals surface area contributed by atoms with Crippen molar-refractivity contribution in [1.82, 2.24) is 9.80 Å². The molecule has 0 bridgehead atoms. The van der Waals surface area contributed by atoms with Gasteiger partial charge in [0.05, 0.1) is 0 Å². The van der Waals surface area contributed by atoms with Crippen LogP contribution in [-0.2, 0) is 9.59 Å². The molecule has 0 atom stereocenters. The van der Waals surface area contributed by atoms with E-state index in [9.17, 15) is 9.59 Å². The second-order valence-electron chi connectivity index (χ2n) is 6.54. The van der Waals surface area contributed by atoms with Gasteiger partial charge in [-0.1, -0.05) is 17.7 Å². The lowest BCUT2D eigenvalue weighted by Crippen LogP contribution is -2.51. The number of piperazine rings is 1. The maximum absolute atomic E-state index is 12.8. The van der Waals surface area contributed by atoms with Gasteiger partial charge in [0.1, 0.15) is 5.41 Å². The first kappa shape index (κ1) is 16.3. The summed E-state index contributed by atoms with van der Waals surface area (Å²) < 4.78 is 0. The smallest absolute Gasteiger partial charge is 0.240 e. The SMILES string of the molecule is Cc1c(Cl)cccc1NC(=O)C1(C(=O)N2CCN(C)CC2)CC1. The number of nitrogens with one attached hydrogen (secondary N) is 1. The Morgan fingerprint density at radius 1 is 1.17 bits per heavy atom. The van der Waals surface area contributed by atoms with Crippen LogP contribution in [0.15, 0.2) is 18.2 Å². The number of amides is 2. The molecule has 1 saturated heterocycles. The average molecular weight is 336 g/mol. The Hall–Kier alpha value is -1.59. The largest absolute Gasteiger partial charge is 0.339 e. The maximum Gasteiger partial charge on any atom is 0.240 e. The van der Waals surface area contributed by atoms with Crippen LogP contribution in [0.3, 0.4) is 0 Å². The number of carbonyl (C=O) groups is 2. The van der Waals surface area contributed by atoms with Crippen molar-refractivity contribution in [3.05, 3.63) is 28.8 Å². The fourth-order valence-corrected chi connectivity index (χ4v) is 3.13. The van der Waals surface area contributed by atoms with E-state index in [1.54, 1.807) is 12.1 Å². The Morgan fingerprint density at radius 2 is 1.83 bits per heavy atom. The minimum atomic E-state index is -0.870. The molecule has 2 aliphatic rings. The summed E-state index contributed by atoms with van der Waals surface area (Å²) in [5.74, 6) is -0.227. The molecular weight excluding hydrogens is 314 g/mol. The first-order valence-electron chi connectivity index (χ1n) is 7.98. The zero-order valence-electron chi connectivity index (χ0n) is 13.6. The van der Waals surface area contributed by atoms with E-state index in [4.69, 9.17) is 11.6 Å². The van der Waals surface area contributed by atoms with E-state index in [0.29, 0.717) is 36.6 Å². The van der Waals surface area contributed by atoms with Gasteiger partial charge in [-0.05, 0) is 44.5 Å². The third-order valence-corrected chi connectivity index (χ3v) is 5.31. The summed E-state index contributed by atoms with van der Waals surface area (Å²) in [5, 5.41) is 3.51. The van der Waals surface area contributed by atoms with Crippen molar-refractivity contribution in [2.75, 3.05) is 38.5 Å². The van der Waals surface area contributed by atoms with Crippen LogP contribution >= 0.6 is 11.6 Å². The molecule has 23 heavy (non-hydrogen) atoms. The van der Waals surface area contributed by atoms with Gasteiger partial charge >= 0.3 is 0 Å². The molecule has 1 heterocycles. The molecule has 1 aliphatic carbocycles. The molecule has 1 aromatic rings. The number of rotatable bonds is 3. The Labute approximate surface area is 141 Å². The molecule has 1 aromatic carbocycles. The lowest BCUT2D eigenvalue weighted by atomic mass is 10.0. The summed E-state index contributed by atoms with van der Waals surface area (Å²) in [6.45, 7) is 4.97. The van der Waals surface area contributed by atoms with E-state index < -0.39 is 5.41 Å². The normalized spacial score (nSPS) is 20.2. The average Bonchev–Trinajstić information content (AvgIpc) is 3.34. The fraction of sp³-hybridized carbons (Fsp3) is 0.529. The molecule has 1 saturated carbocycles. The first-order chi connectivity index (χ1) is 10.9. The second-order valence-corrected chi connectivity index (χ2v) is 6.95. The molecule has 0 aromatic heterocycles. The molecule has 3 rings (SSSR count). The molecule has 2 amide bonds. The highest BCUT2D eigenvalue weighted by Crippen LogP contribution is 2.48. The summed E-state index contributed by atoms with van der Waals surface area (Å²) in [6.07, 6.45) is 1.26. The third kappa shape index (κ3) is 3.08. The van der Waals surface area contributed by atoms with E-state index >= 15 is 0 Å². The number of hydrogen-bond acceptors (Lipinski definition) is 3. The van der Waals surface area contributed by atoms with Gasteiger partial charge in [0.2, 0.25) is 11.8 Å². The molecule has 124 valence electrons. The summed E-state index contributed by atoms with van der Waals surface area (Å²) in [6, 6.07) is 5.40. The van der Waals surface area contributed by atoms with Gasteiger partial charge in [0.25, 0.3) is 0 Å². The topological polar surface area (TPSA) is 52.7 Å². The van der Waals surface area contributed by atoms with E-state index in [1.807, 2.05) is 24.9 Å². The number of likely N-dealkylation sites (N-methyl/N-ethyl adjacent to an activating group) is 1. The minimum Gasteiger partial charge on any atom is -0.339 e. The van der Waals surface area contributed by atoms with Crippen molar-refractivity contribution < 1.29 is 9.59 Å². The molecule has 0 spiro atoms. The third-order valence-electron chi connectivity index (χ3n) is 4.90. The summed E-state index contributed by atoms with van der Waals surface area (Å²) >= 11 is 6.09. The highest BCUT2D eigenvalue weighted by molar-refractivity contribution is 6.31. The molecular formula is C17H22ClN3O2. The lowest BCUT2D eigenvalue weighted by molar-refractivity contribution is -0.143. The number of halogens is 1. The van der Waals surface area contributed by atoms with Crippen molar-refractivity contribution in [2.45, 2.75) is 19.8 Å². The molecule has 5 nitrogen and oxygen atoms in total. The zero-order chi connectivity index (χ0) is 16.6.